The molecule has 0 spiro atoms. The molecule has 0 fully saturated rings. The normalized spacial score (nSPS) is 11.1. The van der Waals surface area contributed by atoms with Crippen LogP contribution in [0, 0.1) is 25.7 Å². The first-order valence-corrected chi connectivity index (χ1v) is 10.5. The van der Waals surface area contributed by atoms with Gasteiger partial charge in [0.1, 0.15) is 11.5 Å². The number of carbonyl (C=O) groups excluding carboxylic acids is 1. The third-order valence-electron chi connectivity index (χ3n) is 4.06. The first-order valence-electron chi connectivity index (χ1n) is 9.55. The van der Waals surface area contributed by atoms with Gasteiger partial charge in [-0.05, 0) is 57.5 Å². The second-order valence-corrected chi connectivity index (χ2v) is 9.03. The van der Waals surface area contributed by atoms with Gasteiger partial charge in [0.25, 0.3) is 0 Å². The Kier molecular flexibility index (Phi) is 10.3. The molecule has 0 aliphatic rings. The second kappa shape index (κ2) is 11.7. The van der Waals surface area contributed by atoms with E-state index in [1.807, 2.05) is 50.2 Å². The molecular formula is C23H31LiO3P. The van der Waals surface area contributed by atoms with E-state index >= 15 is 0 Å². The SMILES string of the molecule is Cc1cccc(C)c1C(=O)Pc1ccc(OCC(C)C)cc1OCC(C)C.[Li]. The minimum absolute atomic E-state index is 0. The Morgan fingerprint density at radius 2 is 1.50 bits per heavy atom. The molecule has 147 valence electrons. The molecule has 3 nitrogen and oxygen atoms in total. The molecule has 0 saturated carbocycles. The van der Waals surface area contributed by atoms with Crippen LogP contribution in [-0.2, 0) is 0 Å². The molecule has 0 N–H and O–H groups in total. The minimum atomic E-state index is 0. The van der Waals surface area contributed by atoms with Crippen molar-refractivity contribution in [2.45, 2.75) is 41.5 Å². The third kappa shape index (κ3) is 7.29. The maximum Gasteiger partial charge on any atom is 0.186 e. The van der Waals surface area contributed by atoms with E-state index in [4.69, 9.17) is 9.47 Å². The molecule has 0 aromatic heterocycles. The van der Waals surface area contributed by atoms with Crippen LogP contribution in [0.1, 0.15) is 49.2 Å². The number of hydrogen-bond acceptors (Lipinski definition) is 3. The quantitative estimate of drug-likeness (QED) is 0.437. The van der Waals surface area contributed by atoms with E-state index in [0.717, 1.165) is 33.5 Å². The molecule has 0 bridgehead atoms. The minimum Gasteiger partial charge on any atom is -0.493 e. The van der Waals surface area contributed by atoms with Crippen LogP contribution in [0.5, 0.6) is 11.5 Å². The standard InChI is InChI=1S/C23H31O3P.Li/c1-15(2)13-25-19-10-11-21(20(12-19)26-14-16(3)4)27-23(24)22-17(5)8-7-9-18(22)6;/h7-12,15-16,27H,13-14H2,1-6H3;. The number of hydrogen-bond donors (Lipinski definition) is 0. The predicted molar refractivity (Wildman–Crippen MR) is 121 cm³/mol. The van der Waals surface area contributed by atoms with Crippen molar-refractivity contribution in [1.82, 2.24) is 0 Å². The van der Waals surface area contributed by atoms with Gasteiger partial charge in [0.2, 0.25) is 0 Å². The fourth-order valence-electron chi connectivity index (χ4n) is 2.69. The maximum absolute atomic E-state index is 13.0. The molecule has 0 heterocycles. The fourth-order valence-corrected chi connectivity index (χ4v) is 3.89. The van der Waals surface area contributed by atoms with Gasteiger partial charge < -0.3 is 9.47 Å². The van der Waals surface area contributed by atoms with Crippen LogP contribution in [-0.4, -0.2) is 37.6 Å². The van der Waals surface area contributed by atoms with E-state index < -0.39 is 0 Å². The summed E-state index contributed by atoms with van der Waals surface area (Å²) < 4.78 is 11.9. The van der Waals surface area contributed by atoms with E-state index in [0.29, 0.717) is 25.0 Å². The van der Waals surface area contributed by atoms with Crippen molar-refractivity contribution >= 4 is 38.3 Å². The Morgan fingerprint density at radius 3 is 2.07 bits per heavy atom. The molecule has 2 rings (SSSR count). The van der Waals surface area contributed by atoms with Crippen molar-refractivity contribution < 1.29 is 14.3 Å². The largest absolute Gasteiger partial charge is 0.493 e. The number of ether oxygens (including phenoxy) is 2. The number of carbonyl (C=O) groups is 1. The van der Waals surface area contributed by atoms with Gasteiger partial charge in [-0.15, -0.1) is 0 Å². The van der Waals surface area contributed by atoms with Gasteiger partial charge in [-0.1, -0.05) is 45.9 Å². The molecule has 0 saturated heterocycles. The molecule has 1 radical (unpaired) electrons. The van der Waals surface area contributed by atoms with Crippen molar-refractivity contribution in [1.29, 1.82) is 0 Å². The van der Waals surface area contributed by atoms with Gasteiger partial charge in [-0.25, -0.2) is 0 Å². The van der Waals surface area contributed by atoms with Crippen LogP contribution in [0.2, 0.25) is 0 Å². The second-order valence-electron chi connectivity index (χ2n) is 7.79. The molecule has 0 aliphatic carbocycles. The molecule has 28 heavy (non-hydrogen) atoms. The van der Waals surface area contributed by atoms with Crippen LogP contribution in [0.25, 0.3) is 0 Å². The van der Waals surface area contributed by atoms with Crippen LogP contribution >= 0.6 is 8.58 Å². The van der Waals surface area contributed by atoms with Gasteiger partial charge >= 0.3 is 0 Å². The maximum atomic E-state index is 13.0. The zero-order chi connectivity index (χ0) is 20.0. The fraction of sp³-hybridized carbons (Fsp3) is 0.435. The third-order valence-corrected chi connectivity index (χ3v) is 5.22. The Hall–Kier alpha value is -1.26. The van der Waals surface area contributed by atoms with Crippen LogP contribution < -0.4 is 14.8 Å². The summed E-state index contributed by atoms with van der Waals surface area (Å²) in [5, 5.41) is 0.931. The van der Waals surface area contributed by atoms with Crippen molar-refractivity contribution in [2.24, 2.45) is 11.8 Å². The predicted octanol–water partition coefficient (Wildman–Crippen LogP) is 5.14. The van der Waals surface area contributed by atoms with Crippen molar-refractivity contribution in [3.8, 4) is 11.5 Å². The summed E-state index contributed by atoms with van der Waals surface area (Å²) >= 11 is 0. The van der Waals surface area contributed by atoms with Crippen molar-refractivity contribution in [3.05, 3.63) is 53.1 Å². The van der Waals surface area contributed by atoms with Crippen molar-refractivity contribution in [2.75, 3.05) is 13.2 Å². The Bertz CT molecular complexity index is 767. The summed E-state index contributed by atoms with van der Waals surface area (Å²) in [5.74, 6) is 2.41. The average molecular weight is 393 g/mol. The summed E-state index contributed by atoms with van der Waals surface area (Å²) in [4.78, 5) is 13.0. The molecule has 5 heteroatoms. The topological polar surface area (TPSA) is 35.5 Å². The summed E-state index contributed by atoms with van der Waals surface area (Å²) in [6, 6.07) is 11.8. The van der Waals surface area contributed by atoms with Gasteiger partial charge in [-0.2, -0.15) is 0 Å². The van der Waals surface area contributed by atoms with E-state index in [-0.39, 0.29) is 33.0 Å². The zero-order valence-corrected chi connectivity index (χ0v) is 19.3. The monoisotopic (exact) mass is 393 g/mol. The first-order chi connectivity index (χ1) is 12.8. The van der Waals surface area contributed by atoms with Gasteiger partial charge in [-0.3, -0.25) is 4.79 Å². The van der Waals surface area contributed by atoms with Gasteiger partial charge in [0.15, 0.2) is 5.52 Å². The molecule has 0 aliphatic heterocycles. The molecule has 2 aromatic carbocycles. The molecular weight excluding hydrogens is 362 g/mol. The summed E-state index contributed by atoms with van der Waals surface area (Å²) in [5.41, 5.74) is 3.02. The Balaban J connectivity index is 0.00000392. The molecule has 1 atom stereocenters. The van der Waals surface area contributed by atoms with E-state index in [9.17, 15) is 4.79 Å². The van der Waals surface area contributed by atoms with Crippen LogP contribution in [0.3, 0.4) is 0 Å². The summed E-state index contributed by atoms with van der Waals surface area (Å²) in [6.07, 6.45) is 0. The smallest absolute Gasteiger partial charge is 0.186 e. The molecule has 0 amide bonds. The van der Waals surface area contributed by atoms with E-state index in [1.54, 1.807) is 0 Å². The van der Waals surface area contributed by atoms with Crippen LogP contribution in [0.15, 0.2) is 36.4 Å². The summed E-state index contributed by atoms with van der Waals surface area (Å²) in [6.45, 7) is 13.7. The van der Waals surface area contributed by atoms with Gasteiger partial charge in [0.05, 0.1) is 13.2 Å². The molecule has 1 unspecified atom stereocenters. The van der Waals surface area contributed by atoms with Crippen LogP contribution in [0.4, 0.5) is 0 Å². The Labute approximate surface area is 183 Å². The Morgan fingerprint density at radius 1 is 0.929 bits per heavy atom. The first kappa shape index (κ1) is 24.8. The van der Waals surface area contributed by atoms with Crippen molar-refractivity contribution in [3.63, 3.8) is 0 Å². The average Bonchev–Trinajstić information content (AvgIpc) is 2.59. The number of benzene rings is 2. The number of rotatable bonds is 9. The zero-order valence-electron chi connectivity index (χ0n) is 18.3. The number of aryl methyl sites for hydroxylation is 2. The molecule has 2 aromatic rings. The summed E-state index contributed by atoms with van der Waals surface area (Å²) in [7, 11) is 0.0250. The van der Waals surface area contributed by atoms with Gasteiger partial charge in [0, 0.05) is 35.8 Å². The van der Waals surface area contributed by atoms with E-state index in [1.165, 1.54) is 0 Å². The van der Waals surface area contributed by atoms with E-state index in [2.05, 4.69) is 27.7 Å².